The number of hydrogen-bond donors (Lipinski definition) is 2. The van der Waals surface area contributed by atoms with Crippen molar-refractivity contribution in [2.24, 2.45) is 0 Å². The molecular formula is C18H17FN6O. The number of halogens is 1. The van der Waals surface area contributed by atoms with Crippen LogP contribution in [0.5, 0.6) is 0 Å². The van der Waals surface area contributed by atoms with Crippen LogP contribution in [0.25, 0.3) is 22.2 Å². The van der Waals surface area contributed by atoms with E-state index >= 15 is 0 Å². The third-order valence-corrected chi connectivity index (χ3v) is 4.43. The van der Waals surface area contributed by atoms with Crippen LogP contribution in [0.4, 0.5) is 10.2 Å². The van der Waals surface area contributed by atoms with Crippen LogP contribution in [-0.2, 0) is 0 Å². The molecule has 0 bridgehead atoms. The predicted octanol–water partition coefficient (Wildman–Crippen LogP) is 1.46. The first-order valence-corrected chi connectivity index (χ1v) is 8.18. The van der Waals surface area contributed by atoms with Gasteiger partial charge in [0.05, 0.1) is 17.3 Å². The molecule has 3 aromatic rings. The second-order valence-electron chi connectivity index (χ2n) is 6.41. The van der Waals surface area contributed by atoms with Gasteiger partial charge in [0.25, 0.3) is 5.91 Å². The number of fused-ring (bicyclic) bond motifs is 1. The molecule has 1 amide bonds. The fraction of sp³-hybridized carbons (Fsp3) is 0.222. The Kier molecular flexibility index (Phi) is 3.96. The van der Waals surface area contributed by atoms with Crippen LogP contribution in [-0.4, -0.2) is 51.9 Å². The lowest BCUT2D eigenvalue weighted by atomic mass is 10.1. The number of hydrogen-bond acceptors (Lipinski definition) is 6. The van der Waals surface area contributed by atoms with Crippen molar-refractivity contribution in [1.29, 1.82) is 0 Å². The summed E-state index contributed by atoms with van der Waals surface area (Å²) in [5.74, 6) is -0.574. The fourth-order valence-electron chi connectivity index (χ4n) is 3.09. The standard InChI is InChI=1S/C18H17FN6O/c1-25-8-11(9-25)23-18(26)13-7-22-17(20)16-12(13)2-3-14(24-16)10-4-5-21-15(19)6-10/h2-7,11H,8-9H2,1H3,(H2,20,22)(H,23,26). The molecule has 1 saturated heterocycles. The van der Waals surface area contributed by atoms with E-state index in [1.165, 1.54) is 18.5 Å². The molecule has 0 unspecified atom stereocenters. The number of carbonyl (C=O) groups is 1. The molecule has 1 aliphatic heterocycles. The molecule has 3 N–H and O–H groups in total. The minimum Gasteiger partial charge on any atom is -0.382 e. The van der Waals surface area contributed by atoms with Gasteiger partial charge in [-0.05, 0) is 25.2 Å². The summed E-state index contributed by atoms with van der Waals surface area (Å²) in [6.07, 6.45) is 2.83. The van der Waals surface area contributed by atoms with Gasteiger partial charge in [-0.1, -0.05) is 0 Å². The van der Waals surface area contributed by atoms with Gasteiger partial charge in [-0.25, -0.2) is 15.0 Å². The first kappa shape index (κ1) is 16.3. The Morgan fingerprint density at radius 3 is 2.85 bits per heavy atom. The minimum absolute atomic E-state index is 0.132. The molecule has 4 rings (SSSR count). The van der Waals surface area contributed by atoms with Crippen molar-refractivity contribution < 1.29 is 9.18 Å². The molecule has 0 radical (unpaired) electrons. The van der Waals surface area contributed by atoms with Gasteiger partial charge in [0.2, 0.25) is 5.95 Å². The SMILES string of the molecule is CN1CC(NC(=O)c2cnc(N)c3nc(-c4ccnc(F)c4)ccc23)C1. The van der Waals surface area contributed by atoms with E-state index in [-0.39, 0.29) is 17.8 Å². The summed E-state index contributed by atoms with van der Waals surface area (Å²) < 4.78 is 13.4. The minimum atomic E-state index is -0.589. The van der Waals surface area contributed by atoms with Gasteiger partial charge in [0.15, 0.2) is 0 Å². The van der Waals surface area contributed by atoms with Gasteiger partial charge in [0.1, 0.15) is 11.3 Å². The summed E-state index contributed by atoms with van der Waals surface area (Å²) in [5.41, 5.74) is 7.90. The molecule has 8 heteroatoms. The molecule has 1 aliphatic rings. The number of nitrogens with two attached hydrogens (primary N) is 1. The Labute approximate surface area is 149 Å². The van der Waals surface area contributed by atoms with E-state index in [1.807, 2.05) is 7.05 Å². The molecule has 0 atom stereocenters. The van der Waals surface area contributed by atoms with E-state index in [9.17, 15) is 9.18 Å². The number of aromatic nitrogens is 3. The van der Waals surface area contributed by atoms with E-state index in [4.69, 9.17) is 5.73 Å². The number of rotatable bonds is 3. The molecule has 0 aromatic carbocycles. The highest BCUT2D eigenvalue weighted by atomic mass is 19.1. The van der Waals surface area contributed by atoms with Gasteiger partial charge < -0.3 is 16.0 Å². The Balaban J connectivity index is 1.72. The number of anilines is 1. The summed E-state index contributed by atoms with van der Waals surface area (Å²) in [6, 6.07) is 6.57. The largest absolute Gasteiger partial charge is 0.382 e. The van der Waals surface area contributed by atoms with Crippen LogP contribution in [0.1, 0.15) is 10.4 Å². The number of amides is 1. The van der Waals surface area contributed by atoms with Crippen LogP contribution in [0.2, 0.25) is 0 Å². The van der Waals surface area contributed by atoms with Crippen molar-refractivity contribution in [1.82, 2.24) is 25.2 Å². The molecule has 26 heavy (non-hydrogen) atoms. The molecule has 0 aliphatic carbocycles. The highest BCUT2D eigenvalue weighted by molar-refractivity contribution is 6.08. The van der Waals surface area contributed by atoms with Crippen molar-refractivity contribution in [2.75, 3.05) is 25.9 Å². The molecule has 0 spiro atoms. The van der Waals surface area contributed by atoms with E-state index in [2.05, 4.69) is 25.2 Å². The van der Waals surface area contributed by atoms with Crippen molar-refractivity contribution in [2.45, 2.75) is 6.04 Å². The van der Waals surface area contributed by atoms with Gasteiger partial charge in [-0.2, -0.15) is 4.39 Å². The Bertz CT molecular complexity index is 1000. The lowest BCUT2D eigenvalue weighted by molar-refractivity contribution is 0.0859. The van der Waals surface area contributed by atoms with Gasteiger partial charge >= 0.3 is 0 Å². The highest BCUT2D eigenvalue weighted by Crippen LogP contribution is 2.26. The Hall–Kier alpha value is -3.13. The molecule has 7 nitrogen and oxygen atoms in total. The third-order valence-electron chi connectivity index (χ3n) is 4.43. The van der Waals surface area contributed by atoms with E-state index in [0.717, 1.165) is 13.1 Å². The Morgan fingerprint density at radius 1 is 1.31 bits per heavy atom. The average Bonchev–Trinajstić information content (AvgIpc) is 2.60. The van der Waals surface area contributed by atoms with Crippen LogP contribution in [0.15, 0.2) is 36.7 Å². The van der Waals surface area contributed by atoms with Crippen LogP contribution in [0, 0.1) is 5.95 Å². The third kappa shape index (κ3) is 2.95. The number of nitrogens with zero attached hydrogens (tertiary/aromatic N) is 4. The smallest absolute Gasteiger partial charge is 0.253 e. The van der Waals surface area contributed by atoms with Crippen LogP contribution in [0.3, 0.4) is 0 Å². The lowest BCUT2D eigenvalue weighted by Gasteiger charge is -2.36. The summed E-state index contributed by atoms with van der Waals surface area (Å²) >= 11 is 0. The number of carbonyl (C=O) groups excluding carboxylic acids is 1. The summed E-state index contributed by atoms with van der Waals surface area (Å²) in [4.78, 5) is 26.8. The van der Waals surface area contributed by atoms with Crippen molar-refractivity contribution >= 4 is 22.6 Å². The predicted molar refractivity (Wildman–Crippen MR) is 95.9 cm³/mol. The quantitative estimate of drug-likeness (QED) is 0.693. The van der Waals surface area contributed by atoms with Crippen molar-refractivity contribution in [3.8, 4) is 11.3 Å². The monoisotopic (exact) mass is 352 g/mol. The number of nitrogen functional groups attached to an aromatic ring is 1. The highest BCUT2D eigenvalue weighted by Gasteiger charge is 2.26. The second-order valence-corrected chi connectivity index (χ2v) is 6.41. The molecule has 0 saturated carbocycles. The maximum atomic E-state index is 13.4. The zero-order valence-electron chi connectivity index (χ0n) is 14.1. The zero-order valence-corrected chi connectivity index (χ0v) is 14.1. The zero-order chi connectivity index (χ0) is 18.3. The lowest BCUT2D eigenvalue weighted by Crippen LogP contribution is -2.57. The molecule has 132 valence electrons. The van der Waals surface area contributed by atoms with Gasteiger partial charge in [0, 0.05) is 42.5 Å². The number of likely N-dealkylation sites (tertiary alicyclic amines) is 1. The number of pyridine rings is 3. The maximum Gasteiger partial charge on any atom is 0.253 e. The average molecular weight is 352 g/mol. The fourth-order valence-corrected chi connectivity index (χ4v) is 3.09. The number of likely N-dealkylation sites (N-methyl/N-ethyl adjacent to an activating group) is 1. The molecule has 1 fully saturated rings. The summed E-state index contributed by atoms with van der Waals surface area (Å²) in [7, 11) is 2.00. The second kappa shape index (κ2) is 6.30. The first-order chi connectivity index (χ1) is 12.5. The summed E-state index contributed by atoms with van der Waals surface area (Å²) in [6.45, 7) is 1.64. The Morgan fingerprint density at radius 2 is 2.12 bits per heavy atom. The van der Waals surface area contributed by atoms with E-state index in [1.54, 1.807) is 18.2 Å². The van der Waals surface area contributed by atoms with Crippen LogP contribution < -0.4 is 11.1 Å². The first-order valence-electron chi connectivity index (χ1n) is 8.18. The molecular weight excluding hydrogens is 335 g/mol. The van der Waals surface area contributed by atoms with Crippen molar-refractivity contribution in [3.05, 3.63) is 48.2 Å². The van der Waals surface area contributed by atoms with E-state index < -0.39 is 5.95 Å². The summed E-state index contributed by atoms with van der Waals surface area (Å²) in [5, 5.41) is 3.59. The van der Waals surface area contributed by atoms with Gasteiger partial charge in [-0.15, -0.1) is 0 Å². The van der Waals surface area contributed by atoms with Gasteiger partial charge in [-0.3, -0.25) is 4.79 Å². The maximum absolute atomic E-state index is 13.4. The number of nitrogens with one attached hydrogen (secondary N) is 1. The van der Waals surface area contributed by atoms with Crippen LogP contribution >= 0.6 is 0 Å². The topological polar surface area (TPSA) is 97.0 Å². The van der Waals surface area contributed by atoms with Crippen molar-refractivity contribution in [3.63, 3.8) is 0 Å². The molecule has 4 heterocycles. The normalized spacial score (nSPS) is 15.0. The van der Waals surface area contributed by atoms with E-state index in [0.29, 0.717) is 27.7 Å². The molecule has 3 aromatic heterocycles.